The molecule has 9 heteroatoms. The fourth-order valence-electron chi connectivity index (χ4n) is 3.94. The summed E-state index contributed by atoms with van der Waals surface area (Å²) in [5.74, 6) is -0.653. The van der Waals surface area contributed by atoms with Crippen molar-refractivity contribution in [1.82, 2.24) is 4.90 Å². The topological polar surface area (TPSA) is 86.8 Å². The second-order valence-electron chi connectivity index (χ2n) is 7.85. The maximum Gasteiger partial charge on any atom is 0.255 e. The van der Waals surface area contributed by atoms with Gasteiger partial charge in [-0.25, -0.2) is 8.42 Å². The van der Waals surface area contributed by atoms with Crippen LogP contribution in [0, 0.1) is 0 Å². The number of piperidine rings is 1. The molecule has 1 N–H and O–H groups in total. The summed E-state index contributed by atoms with van der Waals surface area (Å²) in [5, 5.41) is 3.16. The van der Waals surface area contributed by atoms with E-state index in [1.54, 1.807) is 54.3 Å². The van der Waals surface area contributed by atoms with Crippen molar-refractivity contribution < 1.29 is 18.0 Å². The molecule has 172 valence electrons. The number of anilines is 2. The first-order chi connectivity index (χ1) is 15.2. The van der Waals surface area contributed by atoms with Crippen molar-refractivity contribution in [3.05, 3.63) is 59.1 Å². The van der Waals surface area contributed by atoms with Gasteiger partial charge in [0.05, 0.1) is 23.2 Å². The number of carbonyl (C=O) groups is 2. The number of rotatable bonds is 7. The molecule has 0 radical (unpaired) electrons. The van der Waals surface area contributed by atoms with Gasteiger partial charge in [-0.1, -0.05) is 36.7 Å². The molecule has 1 fully saturated rings. The van der Waals surface area contributed by atoms with E-state index >= 15 is 0 Å². The summed E-state index contributed by atoms with van der Waals surface area (Å²) in [6.07, 6.45) is 4.30. The van der Waals surface area contributed by atoms with Gasteiger partial charge in [0.15, 0.2) is 0 Å². The number of benzene rings is 2. The highest BCUT2D eigenvalue weighted by Crippen LogP contribution is 2.27. The maximum absolute atomic E-state index is 13.3. The van der Waals surface area contributed by atoms with Crippen LogP contribution in [0.15, 0.2) is 48.5 Å². The van der Waals surface area contributed by atoms with Crippen LogP contribution in [0.4, 0.5) is 11.4 Å². The molecule has 1 saturated heterocycles. The smallest absolute Gasteiger partial charge is 0.255 e. The molecule has 0 saturated carbocycles. The molecule has 2 aromatic carbocycles. The molecular formula is C23H28ClN3O4S. The molecule has 0 spiro atoms. The summed E-state index contributed by atoms with van der Waals surface area (Å²) in [5.41, 5.74) is 1.07. The van der Waals surface area contributed by atoms with E-state index in [0.717, 1.165) is 29.8 Å². The fourth-order valence-corrected chi connectivity index (χ4v) is 5.32. The number of halogens is 1. The standard InChI is InChI=1S/C23H28ClN3O4S/c1-3-21(27(32(2,30)31)18-11-9-10-17(24)16-18)22(28)25-20-13-6-5-12-19(20)23(29)26-14-7-4-8-15-26/h5-6,9-13,16,21H,3-4,7-8,14-15H2,1-2H3,(H,25,28)/t21-/m0/s1. The Morgan fingerprint density at radius 2 is 1.78 bits per heavy atom. The molecule has 0 unspecified atom stereocenters. The SMILES string of the molecule is CC[C@@H](C(=O)Nc1ccccc1C(=O)N1CCCCC1)N(c1cccc(Cl)c1)S(C)(=O)=O. The normalized spacial score (nSPS) is 15.2. The molecule has 1 heterocycles. The van der Waals surface area contributed by atoms with E-state index in [1.807, 2.05) is 0 Å². The molecule has 7 nitrogen and oxygen atoms in total. The van der Waals surface area contributed by atoms with E-state index in [9.17, 15) is 18.0 Å². The minimum absolute atomic E-state index is 0.136. The van der Waals surface area contributed by atoms with Crippen LogP contribution < -0.4 is 9.62 Å². The van der Waals surface area contributed by atoms with Gasteiger partial charge in [-0.3, -0.25) is 13.9 Å². The summed E-state index contributed by atoms with van der Waals surface area (Å²) in [6, 6.07) is 12.2. The Balaban J connectivity index is 1.90. The summed E-state index contributed by atoms with van der Waals surface area (Å²) >= 11 is 6.06. The fraction of sp³-hybridized carbons (Fsp3) is 0.391. The quantitative estimate of drug-likeness (QED) is 0.649. The second kappa shape index (κ2) is 10.4. The van der Waals surface area contributed by atoms with Crippen molar-refractivity contribution in [3.8, 4) is 0 Å². The van der Waals surface area contributed by atoms with Crippen molar-refractivity contribution in [2.24, 2.45) is 0 Å². The lowest BCUT2D eigenvalue weighted by atomic mass is 10.1. The van der Waals surface area contributed by atoms with Crippen LogP contribution >= 0.6 is 11.6 Å². The Bertz CT molecular complexity index is 1080. The van der Waals surface area contributed by atoms with E-state index in [2.05, 4.69) is 5.32 Å². The van der Waals surface area contributed by atoms with E-state index in [-0.39, 0.29) is 12.3 Å². The maximum atomic E-state index is 13.3. The molecule has 3 rings (SSSR count). The average Bonchev–Trinajstić information content (AvgIpc) is 2.77. The number of nitrogens with zero attached hydrogens (tertiary/aromatic N) is 2. The Morgan fingerprint density at radius 3 is 2.41 bits per heavy atom. The van der Waals surface area contributed by atoms with Gasteiger partial charge < -0.3 is 10.2 Å². The summed E-state index contributed by atoms with van der Waals surface area (Å²) in [4.78, 5) is 28.1. The molecule has 2 amide bonds. The number of nitrogens with one attached hydrogen (secondary N) is 1. The van der Waals surface area contributed by atoms with Gasteiger partial charge in [0, 0.05) is 18.1 Å². The molecule has 0 bridgehead atoms. The van der Waals surface area contributed by atoms with Crippen molar-refractivity contribution in [1.29, 1.82) is 0 Å². The zero-order chi connectivity index (χ0) is 23.3. The Hall–Kier alpha value is -2.58. The summed E-state index contributed by atoms with van der Waals surface area (Å²) < 4.78 is 26.3. The average molecular weight is 478 g/mol. The number of hydrogen-bond acceptors (Lipinski definition) is 4. The molecule has 2 aromatic rings. The highest BCUT2D eigenvalue weighted by atomic mass is 35.5. The molecule has 1 aliphatic heterocycles. The van der Waals surface area contributed by atoms with Crippen LogP contribution in [-0.4, -0.2) is 50.5 Å². The highest BCUT2D eigenvalue weighted by molar-refractivity contribution is 7.92. The van der Waals surface area contributed by atoms with Gasteiger partial charge in [0.1, 0.15) is 6.04 Å². The second-order valence-corrected chi connectivity index (χ2v) is 10.1. The van der Waals surface area contributed by atoms with Crippen LogP contribution in [0.3, 0.4) is 0 Å². The molecular weight excluding hydrogens is 450 g/mol. The van der Waals surface area contributed by atoms with Crippen LogP contribution in [0.5, 0.6) is 0 Å². The molecule has 0 aromatic heterocycles. The molecule has 32 heavy (non-hydrogen) atoms. The molecule has 0 aliphatic carbocycles. The number of para-hydroxylation sites is 1. The first-order valence-electron chi connectivity index (χ1n) is 10.7. The third-order valence-electron chi connectivity index (χ3n) is 5.45. The van der Waals surface area contributed by atoms with Crippen molar-refractivity contribution in [3.63, 3.8) is 0 Å². The number of hydrogen-bond donors (Lipinski definition) is 1. The largest absolute Gasteiger partial charge is 0.339 e. The van der Waals surface area contributed by atoms with Crippen molar-refractivity contribution in [2.75, 3.05) is 29.0 Å². The predicted molar refractivity (Wildman–Crippen MR) is 128 cm³/mol. The number of carbonyl (C=O) groups excluding carboxylic acids is 2. The van der Waals surface area contributed by atoms with Gasteiger partial charge in [-0.15, -0.1) is 0 Å². The summed E-state index contributed by atoms with van der Waals surface area (Å²) in [6.45, 7) is 3.11. The Labute approximate surface area is 194 Å². The lowest BCUT2D eigenvalue weighted by Crippen LogP contribution is -2.47. The number of likely N-dealkylation sites (tertiary alicyclic amines) is 1. The highest BCUT2D eigenvalue weighted by Gasteiger charge is 2.32. The zero-order valence-electron chi connectivity index (χ0n) is 18.3. The summed E-state index contributed by atoms with van der Waals surface area (Å²) in [7, 11) is -3.79. The van der Waals surface area contributed by atoms with Gasteiger partial charge in [0.2, 0.25) is 15.9 Å². The predicted octanol–water partition coefficient (Wildman–Crippen LogP) is 4.15. The van der Waals surface area contributed by atoms with Crippen LogP contribution in [0.1, 0.15) is 43.0 Å². The van der Waals surface area contributed by atoms with Gasteiger partial charge in [0.25, 0.3) is 5.91 Å². The number of sulfonamides is 1. The van der Waals surface area contributed by atoms with E-state index < -0.39 is 22.0 Å². The molecule has 1 aliphatic rings. The third kappa shape index (κ3) is 5.61. The van der Waals surface area contributed by atoms with E-state index in [4.69, 9.17) is 11.6 Å². The first-order valence-corrected chi connectivity index (χ1v) is 12.9. The van der Waals surface area contributed by atoms with Crippen molar-refractivity contribution >= 4 is 44.8 Å². The minimum atomic E-state index is -3.79. The van der Waals surface area contributed by atoms with Gasteiger partial charge in [-0.05, 0) is 56.0 Å². The first kappa shape index (κ1) is 24.1. The van der Waals surface area contributed by atoms with Crippen LogP contribution in [0.2, 0.25) is 5.02 Å². The van der Waals surface area contributed by atoms with Crippen molar-refractivity contribution in [2.45, 2.75) is 38.6 Å². The Kier molecular flexibility index (Phi) is 7.79. The lowest BCUT2D eigenvalue weighted by Gasteiger charge is -2.31. The zero-order valence-corrected chi connectivity index (χ0v) is 19.8. The monoisotopic (exact) mass is 477 g/mol. The lowest BCUT2D eigenvalue weighted by molar-refractivity contribution is -0.117. The number of amides is 2. The van der Waals surface area contributed by atoms with E-state index in [1.165, 1.54) is 6.07 Å². The van der Waals surface area contributed by atoms with E-state index in [0.29, 0.717) is 35.1 Å². The van der Waals surface area contributed by atoms with Crippen LogP contribution in [0.25, 0.3) is 0 Å². The molecule has 1 atom stereocenters. The minimum Gasteiger partial charge on any atom is -0.339 e. The van der Waals surface area contributed by atoms with Crippen LogP contribution in [-0.2, 0) is 14.8 Å². The van der Waals surface area contributed by atoms with Gasteiger partial charge in [-0.2, -0.15) is 0 Å². The Morgan fingerprint density at radius 1 is 1.09 bits per heavy atom. The third-order valence-corrected chi connectivity index (χ3v) is 6.87. The van der Waals surface area contributed by atoms with Gasteiger partial charge >= 0.3 is 0 Å².